The molecule has 26 heavy (non-hydrogen) atoms. The number of nitrogens with zero attached hydrogens (tertiary/aromatic N) is 6. The van der Waals surface area contributed by atoms with Crippen molar-refractivity contribution in [3.05, 3.63) is 35.5 Å². The van der Waals surface area contributed by atoms with Crippen LogP contribution in [0.3, 0.4) is 0 Å². The number of anilines is 1. The van der Waals surface area contributed by atoms with Crippen molar-refractivity contribution in [1.29, 1.82) is 0 Å². The highest BCUT2D eigenvalue weighted by molar-refractivity contribution is 5.92. The monoisotopic (exact) mass is 354 g/mol. The van der Waals surface area contributed by atoms with Gasteiger partial charge < -0.3 is 9.80 Å². The summed E-state index contributed by atoms with van der Waals surface area (Å²) in [6.07, 6.45) is 6.11. The molecule has 0 N–H and O–H groups in total. The molecule has 0 radical (unpaired) electrons. The van der Waals surface area contributed by atoms with Gasteiger partial charge in [0.2, 0.25) is 0 Å². The van der Waals surface area contributed by atoms with E-state index in [4.69, 9.17) is 4.98 Å². The average Bonchev–Trinajstić information content (AvgIpc) is 3.41. The SMILES string of the molecule is Cc1cc(N2CCC(N(C)C(=O)c3ccn(C)n3)CC2)nc(C2CC2)n1. The van der Waals surface area contributed by atoms with Gasteiger partial charge in [-0.2, -0.15) is 5.10 Å². The average molecular weight is 354 g/mol. The first kappa shape index (κ1) is 17.0. The predicted molar refractivity (Wildman–Crippen MR) is 99.3 cm³/mol. The third kappa shape index (κ3) is 3.43. The predicted octanol–water partition coefficient (Wildman–Crippen LogP) is 2.14. The van der Waals surface area contributed by atoms with Crippen molar-refractivity contribution in [2.24, 2.45) is 7.05 Å². The largest absolute Gasteiger partial charge is 0.356 e. The third-order valence-electron chi connectivity index (χ3n) is 5.39. The van der Waals surface area contributed by atoms with E-state index in [1.807, 2.05) is 25.9 Å². The van der Waals surface area contributed by atoms with Gasteiger partial charge in [0.15, 0.2) is 0 Å². The Morgan fingerprint density at radius 3 is 2.54 bits per heavy atom. The smallest absolute Gasteiger partial charge is 0.274 e. The fourth-order valence-corrected chi connectivity index (χ4v) is 3.62. The zero-order valence-electron chi connectivity index (χ0n) is 15.7. The summed E-state index contributed by atoms with van der Waals surface area (Å²) >= 11 is 0. The van der Waals surface area contributed by atoms with Gasteiger partial charge in [0, 0.05) is 57.1 Å². The van der Waals surface area contributed by atoms with Crippen molar-refractivity contribution in [1.82, 2.24) is 24.6 Å². The molecular weight excluding hydrogens is 328 g/mol. The second kappa shape index (κ2) is 6.70. The molecule has 1 saturated carbocycles. The van der Waals surface area contributed by atoms with Crippen LogP contribution >= 0.6 is 0 Å². The highest BCUT2D eigenvalue weighted by Crippen LogP contribution is 2.38. The van der Waals surface area contributed by atoms with Crippen LogP contribution in [0.5, 0.6) is 0 Å². The number of carbonyl (C=O) groups excluding carboxylic acids is 1. The summed E-state index contributed by atoms with van der Waals surface area (Å²) in [4.78, 5) is 26.2. The number of hydrogen-bond donors (Lipinski definition) is 0. The highest BCUT2D eigenvalue weighted by atomic mass is 16.2. The highest BCUT2D eigenvalue weighted by Gasteiger charge is 2.30. The van der Waals surface area contributed by atoms with Crippen molar-refractivity contribution in [3.63, 3.8) is 0 Å². The van der Waals surface area contributed by atoms with E-state index < -0.39 is 0 Å². The quantitative estimate of drug-likeness (QED) is 0.841. The Labute approximate surface area is 154 Å². The van der Waals surface area contributed by atoms with Gasteiger partial charge in [-0.05, 0) is 38.7 Å². The van der Waals surface area contributed by atoms with E-state index in [9.17, 15) is 4.79 Å². The molecule has 1 saturated heterocycles. The van der Waals surface area contributed by atoms with Crippen LogP contribution in [0.25, 0.3) is 0 Å². The molecular formula is C19H26N6O. The Hall–Kier alpha value is -2.44. The third-order valence-corrected chi connectivity index (χ3v) is 5.39. The van der Waals surface area contributed by atoms with Crippen molar-refractivity contribution >= 4 is 11.7 Å². The minimum Gasteiger partial charge on any atom is -0.356 e. The van der Waals surface area contributed by atoms with Crippen LogP contribution in [-0.4, -0.2) is 56.7 Å². The first-order valence-corrected chi connectivity index (χ1v) is 9.38. The fraction of sp³-hybridized carbons (Fsp3) is 0.579. The van der Waals surface area contributed by atoms with E-state index in [0.717, 1.165) is 43.3 Å². The summed E-state index contributed by atoms with van der Waals surface area (Å²) in [5.41, 5.74) is 1.56. The molecule has 1 aliphatic carbocycles. The number of aryl methyl sites for hydroxylation is 2. The summed E-state index contributed by atoms with van der Waals surface area (Å²) in [6, 6.07) is 4.10. The first-order chi connectivity index (χ1) is 12.5. The van der Waals surface area contributed by atoms with Crippen LogP contribution in [-0.2, 0) is 7.05 Å². The van der Waals surface area contributed by atoms with Gasteiger partial charge in [-0.25, -0.2) is 9.97 Å². The Bertz CT molecular complexity index is 804. The maximum atomic E-state index is 12.6. The fourth-order valence-electron chi connectivity index (χ4n) is 3.62. The normalized spacial score (nSPS) is 18.2. The molecule has 4 rings (SSSR count). The van der Waals surface area contributed by atoms with E-state index in [2.05, 4.69) is 21.0 Å². The molecule has 3 heterocycles. The van der Waals surface area contributed by atoms with Gasteiger partial charge >= 0.3 is 0 Å². The van der Waals surface area contributed by atoms with Gasteiger partial charge in [-0.1, -0.05) is 0 Å². The molecule has 2 aromatic heterocycles. The van der Waals surface area contributed by atoms with Crippen LogP contribution in [0.15, 0.2) is 18.3 Å². The van der Waals surface area contributed by atoms with Crippen molar-refractivity contribution < 1.29 is 4.79 Å². The second-order valence-corrected chi connectivity index (χ2v) is 7.51. The minimum atomic E-state index is -0.00190. The zero-order chi connectivity index (χ0) is 18.3. The van der Waals surface area contributed by atoms with Crippen LogP contribution in [0.1, 0.15) is 53.6 Å². The molecule has 2 aliphatic rings. The lowest BCUT2D eigenvalue weighted by atomic mass is 10.0. The van der Waals surface area contributed by atoms with Crippen LogP contribution in [0.4, 0.5) is 5.82 Å². The molecule has 0 spiro atoms. The van der Waals surface area contributed by atoms with E-state index in [1.54, 1.807) is 16.9 Å². The molecule has 0 atom stereocenters. The number of rotatable bonds is 4. The topological polar surface area (TPSA) is 67.2 Å². The van der Waals surface area contributed by atoms with Crippen LogP contribution in [0, 0.1) is 6.92 Å². The van der Waals surface area contributed by atoms with Crippen molar-refractivity contribution in [2.45, 2.75) is 44.6 Å². The summed E-state index contributed by atoms with van der Waals surface area (Å²) in [5.74, 6) is 2.60. The first-order valence-electron chi connectivity index (χ1n) is 9.38. The molecule has 2 fully saturated rings. The molecule has 0 aromatic carbocycles. The summed E-state index contributed by atoms with van der Waals surface area (Å²) < 4.78 is 1.67. The zero-order valence-corrected chi connectivity index (χ0v) is 15.7. The molecule has 1 aliphatic heterocycles. The molecule has 2 aromatic rings. The molecule has 1 amide bonds. The number of hydrogen-bond acceptors (Lipinski definition) is 5. The lowest BCUT2D eigenvalue weighted by Crippen LogP contribution is -2.46. The Morgan fingerprint density at radius 2 is 1.92 bits per heavy atom. The summed E-state index contributed by atoms with van der Waals surface area (Å²) in [5, 5.41) is 4.23. The van der Waals surface area contributed by atoms with Crippen molar-refractivity contribution in [3.8, 4) is 0 Å². The van der Waals surface area contributed by atoms with Crippen LogP contribution < -0.4 is 4.90 Å². The molecule has 138 valence electrons. The summed E-state index contributed by atoms with van der Waals surface area (Å²) in [7, 11) is 3.71. The standard InChI is InChI=1S/C19H26N6O/c1-13-12-17(21-18(20-13)14-4-5-14)25-10-6-15(7-11-25)24(3)19(26)16-8-9-23(2)22-16/h8-9,12,14-15H,4-7,10-11H2,1-3H3. The van der Waals surface area contributed by atoms with Crippen LogP contribution in [0.2, 0.25) is 0 Å². The second-order valence-electron chi connectivity index (χ2n) is 7.51. The lowest BCUT2D eigenvalue weighted by Gasteiger charge is -2.37. The van der Waals surface area contributed by atoms with Gasteiger partial charge in [0.1, 0.15) is 17.3 Å². The Morgan fingerprint density at radius 1 is 1.19 bits per heavy atom. The van der Waals surface area contributed by atoms with Gasteiger partial charge in [-0.15, -0.1) is 0 Å². The number of aromatic nitrogens is 4. The van der Waals surface area contributed by atoms with E-state index >= 15 is 0 Å². The molecule has 7 nitrogen and oxygen atoms in total. The lowest BCUT2D eigenvalue weighted by molar-refractivity contribution is 0.0702. The summed E-state index contributed by atoms with van der Waals surface area (Å²) in [6.45, 7) is 3.86. The maximum absolute atomic E-state index is 12.6. The number of carbonyl (C=O) groups is 1. The Balaban J connectivity index is 1.40. The number of piperidine rings is 1. The minimum absolute atomic E-state index is 0.00190. The van der Waals surface area contributed by atoms with E-state index in [0.29, 0.717) is 11.6 Å². The number of amides is 1. The van der Waals surface area contributed by atoms with Gasteiger partial charge in [0.25, 0.3) is 5.91 Å². The molecule has 0 unspecified atom stereocenters. The molecule has 7 heteroatoms. The molecule has 0 bridgehead atoms. The van der Waals surface area contributed by atoms with Crippen molar-refractivity contribution in [2.75, 3.05) is 25.0 Å². The van der Waals surface area contributed by atoms with Gasteiger partial charge in [-0.3, -0.25) is 9.48 Å². The Kier molecular flexibility index (Phi) is 4.38. The van der Waals surface area contributed by atoms with E-state index in [-0.39, 0.29) is 11.9 Å². The maximum Gasteiger partial charge on any atom is 0.274 e. The van der Waals surface area contributed by atoms with E-state index in [1.165, 1.54) is 12.8 Å². The van der Waals surface area contributed by atoms with Gasteiger partial charge in [0.05, 0.1) is 0 Å².